The zero-order valence-corrected chi connectivity index (χ0v) is 12.5. The molecule has 0 atom stereocenters. The molecule has 5 nitrogen and oxygen atoms in total. The highest BCUT2D eigenvalue weighted by atomic mass is 35.5. The number of amides is 1. The smallest absolute Gasteiger partial charge is 0.229 e. The van der Waals surface area contributed by atoms with Crippen LogP contribution in [0.5, 0.6) is 0 Å². The average Bonchev–Trinajstić information content (AvgIpc) is 2.49. The van der Waals surface area contributed by atoms with Gasteiger partial charge in [-0.3, -0.25) is 4.79 Å². The first kappa shape index (κ1) is 15.3. The number of carbonyl (C=O) groups excluding carboxylic acids is 1. The lowest BCUT2D eigenvalue weighted by molar-refractivity contribution is -0.115. The van der Waals surface area contributed by atoms with E-state index in [1.165, 1.54) is 0 Å². The average molecular weight is 305 g/mol. The molecular weight excluding hydrogens is 288 g/mol. The van der Waals surface area contributed by atoms with Crippen LogP contribution in [0.1, 0.15) is 18.9 Å². The molecule has 0 spiro atoms. The quantitative estimate of drug-likeness (QED) is 0.860. The standard InChI is InChI=1S/C15H17ClN4O/c1-2-9-17-13-7-8-14(20-19-13)18-15(21)10-11-3-5-12(16)6-4-11/h3-8H,2,9-10H2,1H3,(H,17,19)(H,18,20,21). The summed E-state index contributed by atoms with van der Waals surface area (Å²) in [6.07, 6.45) is 1.29. The zero-order valence-electron chi connectivity index (χ0n) is 11.8. The Morgan fingerprint density at radius 2 is 1.76 bits per heavy atom. The van der Waals surface area contributed by atoms with Crippen LogP contribution >= 0.6 is 11.6 Å². The van der Waals surface area contributed by atoms with Gasteiger partial charge in [-0.05, 0) is 36.2 Å². The van der Waals surface area contributed by atoms with Crippen LogP contribution in [0.25, 0.3) is 0 Å². The van der Waals surface area contributed by atoms with E-state index in [2.05, 4.69) is 27.8 Å². The van der Waals surface area contributed by atoms with Crippen LogP contribution in [0.3, 0.4) is 0 Å². The van der Waals surface area contributed by atoms with Crippen LogP contribution in [0.2, 0.25) is 5.02 Å². The van der Waals surface area contributed by atoms with Crippen LogP contribution in [-0.4, -0.2) is 22.6 Å². The molecule has 0 aliphatic carbocycles. The van der Waals surface area contributed by atoms with Gasteiger partial charge in [0.25, 0.3) is 0 Å². The van der Waals surface area contributed by atoms with Gasteiger partial charge in [0.15, 0.2) is 5.82 Å². The van der Waals surface area contributed by atoms with Gasteiger partial charge >= 0.3 is 0 Å². The van der Waals surface area contributed by atoms with Crippen molar-refractivity contribution in [1.29, 1.82) is 0 Å². The summed E-state index contributed by atoms with van der Waals surface area (Å²) in [7, 11) is 0. The second kappa shape index (κ2) is 7.59. The summed E-state index contributed by atoms with van der Waals surface area (Å²) in [6, 6.07) is 10.7. The first-order chi connectivity index (χ1) is 10.2. The Morgan fingerprint density at radius 3 is 2.38 bits per heavy atom. The van der Waals surface area contributed by atoms with Gasteiger partial charge in [-0.15, -0.1) is 10.2 Å². The fraction of sp³-hybridized carbons (Fsp3) is 0.267. The van der Waals surface area contributed by atoms with Crippen molar-refractivity contribution in [2.45, 2.75) is 19.8 Å². The molecule has 0 fully saturated rings. The Kier molecular flexibility index (Phi) is 5.51. The number of halogens is 1. The van der Waals surface area contributed by atoms with E-state index in [4.69, 9.17) is 11.6 Å². The van der Waals surface area contributed by atoms with Crippen molar-refractivity contribution in [3.63, 3.8) is 0 Å². The number of benzene rings is 1. The number of aromatic nitrogens is 2. The minimum atomic E-state index is -0.138. The first-order valence-electron chi connectivity index (χ1n) is 6.79. The van der Waals surface area contributed by atoms with Crippen LogP contribution < -0.4 is 10.6 Å². The number of nitrogens with one attached hydrogen (secondary N) is 2. The summed E-state index contributed by atoms with van der Waals surface area (Å²) in [5, 5.41) is 14.4. The van der Waals surface area contributed by atoms with Crippen molar-refractivity contribution < 1.29 is 4.79 Å². The molecule has 0 aliphatic rings. The Bertz CT molecular complexity index is 584. The lowest BCUT2D eigenvalue weighted by Gasteiger charge is -2.06. The minimum Gasteiger partial charge on any atom is -0.369 e. The van der Waals surface area contributed by atoms with Crippen LogP contribution in [0, 0.1) is 0 Å². The molecule has 0 saturated heterocycles. The molecule has 21 heavy (non-hydrogen) atoms. The van der Waals surface area contributed by atoms with Gasteiger partial charge in [0.2, 0.25) is 5.91 Å². The van der Waals surface area contributed by atoms with E-state index in [0.29, 0.717) is 16.7 Å². The lowest BCUT2D eigenvalue weighted by atomic mass is 10.1. The second-order valence-electron chi connectivity index (χ2n) is 4.58. The highest BCUT2D eigenvalue weighted by Crippen LogP contribution is 2.11. The fourth-order valence-corrected chi connectivity index (χ4v) is 1.85. The zero-order chi connectivity index (χ0) is 15.1. The van der Waals surface area contributed by atoms with Crippen molar-refractivity contribution in [3.05, 3.63) is 47.0 Å². The maximum atomic E-state index is 11.9. The molecular formula is C15H17ClN4O. The minimum absolute atomic E-state index is 0.138. The third kappa shape index (κ3) is 5.04. The molecule has 1 aromatic carbocycles. The van der Waals surface area contributed by atoms with Crippen LogP contribution in [-0.2, 0) is 11.2 Å². The third-order valence-corrected chi connectivity index (χ3v) is 3.02. The SMILES string of the molecule is CCCNc1ccc(NC(=O)Cc2ccc(Cl)cc2)nn1. The molecule has 0 saturated carbocycles. The Morgan fingerprint density at radius 1 is 1.10 bits per heavy atom. The molecule has 2 aromatic rings. The van der Waals surface area contributed by atoms with Crippen LogP contribution in [0.4, 0.5) is 11.6 Å². The maximum absolute atomic E-state index is 11.9. The van der Waals surface area contributed by atoms with E-state index >= 15 is 0 Å². The summed E-state index contributed by atoms with van der Waals surface area (Å²) in [5.74, 6) is 1.00. The molecule has 1 heterocycles. The number of nitrogens with zero attached hydrogens (tertiary/aromatic N) is 2. The summed E-state index contributed by atoms with van der Waals surface area (Å²) in [6.45, 7) is 2.92. The lowest BCUT2D eigenvalue weighted by Crippen LogP contribution is -2.16. The second-order valence-corrected chi connectivity index (χ2v) is 5.02. The van der Waals surface area contributed by atoms with Crippen molar-refractivity contribution in [1.82, 2.24) is 10.2 Å². The van der Waals surface area contributed by atoms with Gasteiger partial charge in [-0.2, -0.15) is 0 Å². The monoisotopic (exact) mass is 304 g/mol. The number of anilines is 2. The van der Waals surface area contributed by atoms with Gasteiger partial charge in [-0.1, -0.05) is 30.7 Å². The molecule has 0 bridgehead atoms. The first-order valence-corrected chi connectivity index (χ1v) is 7.17. The number of hydrogen-bond acceptors (Lipinski definition) is 4. The predicted molar refractivity (Wildman–Crippen MR) is 84.6 cm³/mol. The van der Waals surface area contributed by atoms with E-state index in [0.717, 1.165) is 18.5 Å². The van der Waals surface area contributed by atoms with Gasteiger partial charge in [0, 0.05) is 11.6 Å². The Hall–Kier alpha value is -2.14. The van der Waals surface area contributed by atoms with E-state index in [-0.39, 0.29) is 12.3 Å². The van der Waals surface area contributed by atoms with Crippen molar-refractivity contribution in [3.8, 4) is 0 Å². The molecule has 0 unspecified atom stereocenters. The normalized spacial score (nSPS) is 10.2. The summed E-state index contributed by atoms with van der Waals surface area (Å²) < 4.78 is 0. The van der Waals surface area contributed by atoms with Gasteiger partial charge in [0.1, 0.15) is 5.82 Å². The van der Waals surface area contributed by atoms with Crippen molar-refractivity contribution >= 4 is 29.1 Å². The number of carbonyl (C=O) groups is 1. The summed E-state index contributed by atoms with van der Waals surface area (Å²) >= 11 is 5.80. The van der Waals surface area contributed by atoms with E-state index in [1.54, 1.807) is 24.3 Å². The van der Waals surface area contributed by atoms with Crippen LogP contribution in [0.15, 0.2) is 36.4 Å². The van der Waals surface area contributed by atoms with Gasteiger partial charge < -0.3 is 10.6 Å². The highest BCUT2D eigenvalue weighted by Gasteiger charge is 2.05. The molecule has 0 aliphatic heterocycles. The molecule has 6 heteroatoms. The third-order valence-electron chi connectivity index (χ3n) is 2.77. The molecule has 1 aromatic heterocycles. The highest BCUT2D eigenvalue weighted by molar-refractivity contribution is 6.30. The Balaban J connectivity index is 1.88. The number of rotatable bonds is 6. The fourth-order valence-electron chi connectivity index (χ4n) is 1.72. The molecule has 2 N–H and O–H groups in total. The van der Waals surface area contributed by atoms with Crippen molar-refractivity contribution in [2.75, 3.05) is 17.2 Å². The Labute approximate surface area is 128 Å². The van der Waals surface area contributed by atoms with Gasteiger partial charge in [-0.25, -0.2) is 0 Å². The molecule has 2 rings (SSSR count). The summed E-state index contributed by atoms with van der Waals surface area (Å²) in [4.78, 5) is 11.9. The number of hydrogen-bond donors (Lipinski definition) is 2. The predicted octanol–water partition coefficient (Wildman–Crippen LogP) is 3.13. The summed E-state index contributed by atoms with van der Waals surface area (Å²) in [5.41, 5.74) is 0.895. The van der Waals surface area contributed by atoms with E-state index in [1.807, 2.05) is 12.1 Å². The largest absolute Gasteiger partial charge is 0.369 e. The molecule has 0 radical (unpaired) electrons. The molecule has 110 valence electrons. The van der Waals surface area contributed by atoms with Crippen molar-refractivity contribution in [2.24, 2.45) is 0 Å². The van der Waals surface area contributed by atoms with E-state index in [9.17, 15) is 4.79 Å². The molecule has 1 amide bonds. The topological polar surface area (TPSA) is 66.9 Å². The van der Waals surface area contributed by atoms with E-state index < -0.39 is 0 Å². The van der Waals surface area contributed by atoms with Gasteiger partial charge in [0.05, 0.1) is 6.42 Å². The maximum Gasteiger partial charge on any atom is 0.229 e.